The van der Waals surface area contributed by atoms with Crippen LogP contribution in [-0.2, 0) is 14.6 Å². The molecule has 2 rings (SSSR count). The summed E-state index contributed by atoms with van der Waals surface area (Å²) in [5, 5.41) is -0.222. The van der Waals surface area contributed by atoms with Crippen LogP contribution in [0.15, 0.2) is 29.2 Å². The van der Waals surface area contributed by atoms with Crippen molar-refractivity contribution in [2.75, 3.05) is 18.6 Å². The Hall–Kier alpha value is -1.01. The number of carbonyl (C=O) groups is 1. The van der Waals surface area contributed by atoms with Crippen molar-refractivity contribution in [1.82, 2.24) is 4.90 Å². The number of aryl methyl sites for hydroxylation is 1. The van der Waals surface area contributed by atoms with Crippen molar-refractivity contribution in [2.24, 2.45) is 0 Å². The van der Waals surface area contributed by atoms with Crippen molar-refractivity contribution in [3.63, 3.8) is 0 Å². The van der Waals surface area contributed by atoms with Crippen molar-refractivity contribution in [1.29, 1.82) is 0 Å². The highest BCUT2D eigenvalue weighted by Crippen LogP contribution is 2.26. The fourth-order valence-electron chi connectivity index (χ4n) is 2.49. The van der Waals surface area contributed by atoms with Crippen LogP contribution < -0.4 is 0 Å². The van der Waals surface area contributed by atoms with E-state index in [1.165, 1.54) is 11.8 Å². The Morgan fingerprint density at radius 2 is 2.14 bits per heavy atom. The highest BCUT2D eigenvalue weighted by molar-refractivity contribution is 8.00. The molecule has 2 atom stereocenters. The van der Waals surface area contributed by atoms with Gasteiger partial charge in [0.05, 0.1) is 16.8 Å². The lowest BCUT2D eigenvalue weighted by Crippen LogP contribution is -2.41. The van der Waals surface area contributed by atoms with Crippen molar-refractivity contribution in [2.45, 2.75) is 36.5 Å². The van der Waals surface area contributed by atoms with Gasteiger partial charge in [0.15, 0.2) is 9.84 Å². The predicted octanol–water partition coefficient (Wildman–Crippen LogP) is 2.12. The number of nitrogens with zero attached hydrogens (tertiary/aromatic N) is 1. The molecule has 6 heteroatoms. The van der Waals surface area contributed by atoms with E-state index in [0.29, 0.717) is 6.42 Å². The molecule has 0 aliphatic carbocycles. The van der Waals surface area contributed by atoms with Crippen LogP contribution in [0.3, 0.4) is 0 Å². The Morgan fingerprint density at radius 3 is 2.71 bits per heavy atom. The maximum Gasteiger partial charge on any atom is 0.235 e. The largest absolute Gasteiger partial charge is 0.341 e. The second-order valence-electron chi connectivity index (χ2n) is 5.58. The lowest BCUT2D eigenvalue weighted by molar-refractivity contribution is -0.130. The zero-order valence-electron chi connectivity index (χ0n) is 12.6. The van der Waals surface area contributed by atoms with E-state index in [1.54, 1.807) is 11.9 Å². The van der Waals surface area contributed by atoms with Crippen molar-refractivity contribution in [3.8, 4) is 0 Å². The second-order valence-corrected chi connectivity index (χ2v) is 9.23. The molecule has 1 aliphatic heterocycles. The van der Waals surface area contributed by atoms with Crippen LogP contribution in [0.25, 0.3) is 0 Å². The first-order valence-corrected chi connectivity index (χ1v) is 9.69. The molecule has 1 aromatic carbocycles. The summed E-state index contributed by atoms with van der Waals surface area (Å²) in [7, 11) is -1.26. The Morgan fingerprint density at radius 1 is 1.43 bits per heavy atom. The molecule has 1 fully saturated rings. The molecule has 116 valence electrons. The highest BCUT2D eigenvalue weighted by Gasteiger charge is 2.34. The molecule has 0 bridgehead atoms. The predicted molar refractivity (Wildman–Crippen MR) is 86.3 cm³/mol. The molecule has 1 aromatic rings. The maximum atomic E-state index is 12.4. The van der Waals surface area contributed by atoms with Crippen LogP contribution in [0.4, 0.5) is 0 Å². The first-order valence-electron chi connectivity index (χ1n) is 6.99. The van der Waals surface area contributed by atoms with Gasteiger partial charge < -0.3 is 4.90 Å². The summed E-state index contributed by atoms with van der Waals surface area (Å²) in [4.78, 5) is 15.1. The maximum absolute atomic E-state index is 12.4. The van der Waals surface area contributed by atoms with E-state index in [0.717, 1.165) is 10.5 Å². The number of amides is 1. The zero-order valence-corrected chi connectivity index (χ0v) is 14.2. The van der Waals surface area contributed by atoms with E-state index in [1.807, 2.05) is 32.0 Å². The van der Waals surface area contributed by atoms with Crippen LogP contribution in [0.5, 0.6) is 0 Å². The van der Waals surface area contributed by atoms with Crippen LogP contribution in [0, 0.1) is 6.92 Å². The van der Waals surface area contributed by atoms with Gasteiger partial charge in [-0.3, -0.25) is 4.79 Å². The van der Waals surface area contributed by atoms with Crippen molar-refractivity contribution in [3.05, 3.63) is 29.8 Å². The van der Waals surface area contributed by atoms with Gasteiger partial charge in [0.25, 0.3) is 0 Å². The third-order valence-electron chi connectivity index (χ3n) is 3.75. The van der Waals surface area contributed by atoms with Gasteiger partial charge in [-0.05, 0) is 32.4 Å². The summed E-state index contributed by atoms with van der Waals surface area (Å²) in [6.45, 7) is 3.89. The highest BCUT2D eigenvalue weighted by atomic mass is 32.2. The molecular formula is C15H21NO3S2. The topological polar surface area (TPSA) is 54.5 Å². The van der Waals surface area contributed by atoms with E-state index in [4.69, 9.17) is 0 Å². The molecule has 21 heavy (non-hydrogen) atoms. The zero-order chi connectivity index (χ0) is 15.6. The molecule has 4 nitrogen and oxygen atoms in total. The van der Waals surface area contributed by atoms with Gasteiger partial charge in [-0.2, -0.15) is 0 Å². The third kappa shape index (κ3) is 4.23. The molecule has 0 unspecified atom stereocenters. The molecule has 0 saturated carbocycles. The van der Waals surface area contributed by atoms with E-state index in [2.05, 4.69) is 6.07 Å². The lowest BCUT2D eigenvalue weighted by atomic mass is 10.2. The quantitative estimate of drug-likeness (QED) is 0.795. The van der Waals surface area contributed by atoms with Crippen LogP contribution in [-0.4, -0.2) is 49.1 Å². The smallest absolute Gasteiger partial charge is 0.235 e. The Labute approximate surface area is 130 Å². The van der Waals surface area contributed by atoms with E-state index in [9.17, 15) is 13.2 Å². The number of benzene rings is 1. The number of carbonyl (C=O) groups excluding carboxylic acids is 1. The van der Waals surface area contributed by atoms with Gasteiger partial charge in [-0.15, -0.1) is 11.8 Å². The van der Waals surface area contributed by atoms with Crippen LogP contribution in [0.2, 0.25) is 0 Å². The van der Waals surface area contributed by atoms with Gasteiger partial charge in [0, 0.05) is 18.0 Å². The monoisotopic (exact) mass is 327 g/mol. The fourth-order valence-corrected chi connectivity index (χ4v) is 5.35. The number of hydrogen-bond acceptors (Lipinski definition) is 4. The summed E-state index contributed by atoms with van der Waals surface area (Å²) in [5.41, 5.74) is 1.16. The molecule has 1 aliphatic rings. The SMILES string of the molecule is Cc1cccc(S[C@H](C)C(=O)N(C)[C@@H]2CCS(=O)(=O)C2)c1. The van der Waals surface area contributed by atoms with Gasteiger partial charge >= 0.3 is 0 Å². The molecule has 0 aromatic heterocycles. The Kier molecular flexibility index (Phi) is 4.99. The molecule has 0 radical (unpaired) electrons. The minimum atomic E-state index is -2.96. The van der Waals surface area contributed by atoms with E-state index in [-0.39, 0.29) is 28.7 Å². The number of rotatable bonds is 4. The minimum absolute atomic E-state index is 0.0105. The third-order valence-corrected chi connectivity index (χ3v) is 6.59. The molecule has 1 heterocycles. The van der Waals surface area contributed by atoms with Crippen LogP contribution >= 0.6 is 11.8 Å². The van der Waals surface area contributed by atoms with E-state index >= 15 is 0 Å². The first-order chi connectivity index (χ1) is 9.78. The summed E-state index contributed by atoms with van der Waals surface area (Å²) in [6.07, 6.45) is 0.548. The number of thioether (sulfide) groups is 1. The molecular weight excluding hydrogens is 306 g/mol. The fraction of sp³-hybridized carbons (Fsp3) is 0.533. The molecule has 1 saturated heterocycles. The van der Waals surface area contributed by atoms with Crippen molar-refractivity contribution < 1.29 is 13.2 Å². The first kappa shape index (κ1) is 16.4. The van der Waals surface area contributed by atoms with Gasteiger partial charge in [-0.1, -0.05) is 17.7 Å². The minimum Gasteiger partial charge on any atom is -0.341 e. The number of sulfone groups is 1. The molecule has 0 spiro atoms. The Bertz CT molecular complexity index is 628. The number of hydrogen-bond donors (Lipinski definition) is 0. The van der Waals surface area contributed by atoms with Crippen molar-refractivity contribution >= 4 is 27.5 Å². The summed E-state index contributed by atoms with van der Waals surface area (Å²) in [6, 6.07) is 7.85. The normalized spacial score (nSPS) is 22.0. The Balaban J connectivity index is 1.99. The molecule has 1 amide bonds. The standard InChI is InChI=1S/C15H21NO3S2/c1-11-5-4-6-14(9-11)20-12(2)15(17)16(3)13-7-8-21(18,19)10-13/h4-6,9,12-13H,7-8,10H2,1-3H3/t12-,13-/m1/s1. The average molecular weight is 327 g/mol. The summed E-state index contributed by atoms with van der Waals surface area (Å²) < 4.78 is 23.0. The van der Waals surface area contributed by atoms with Gasteiger partial charge in [0.2, 0.25) is 5.91 Å². The van der Waals surface area contributed by atoms with Gasteiger partial charge in [-0.25, -0.2) is 8.42 Å². The summed E-state index contributed by atoms with van der Waals surface area (Å²) >= 11 is 1.51. The van der Waals surface area contributed by atoms with E-state index < -0.39 is 9.84 Å². The lowest BCUT2D eigenvalue weighted by Gasteiger charge is -2.26. The second kappa shape index (κ2) is 6.40. The van der Waals surface area contributed by atoms with Gasteiger partial charge in [0.1, 0.15) is 0 Å². The molecule has 0 N–H and O–H groups in total. The van der Waals surface area contributed by atoms with Crippen LogP contribution in [0.1, 0.15) is 18.9 Å². The average Bonchev–Trinajstić information content (AvgIpc) is 2.77. The summed E-state index contributed by atoms with van der Waals surface area (Å²) in [5.74, 6) is 0.273.